The summed E-state index contributed by atoms with van der Waals surface area (Å²) in [5, 5.41) is 10.6. The number of hydrogen-bond donors (Lipinski definition) is 1. The molecule has 3 atom stereocenters. The quantitative estimate of drug-likeness (QED) is 0.820. The number of aliphatic hydroxyl groups is 1. The first kappa shape index (κ1) is 15.9. The zero-order chi connectivity index (χ0) is 14.2. The first-order valence-corrected chi connectivity index (χ1v) is 7.20. The second kappa shape index (κ2) is 5.10. The van der Waals surface area contributed by atoms with E-state index in [0.29, 0.717) is 6.42 Å². The van der Waals surface area contributed by atoms with E-state index in [-0.39, 0.29) is 17.6 Å². The third-order valence-electron chi connectivity index (χ3n) is 4.73. The van der Waals surface area contributed by atoms with Crippen molar-refractivity contribution in [3.8, 4) is 0 Å². The van der Waals surface area contributed by atoms with E-state index in [1.807, 2.05) is 27.7 Å². The van der Waals surface area contributed by atoms with E-state index >= 15 is 0 Å². The van der Waals surface area contributed by atoms with Crippen LogP contribution in [0.15, 0.2) is 0 Å². The molecule has 1 fully saturated rings. The molecule has 0 aromatic heterocycles. The van der Waals surface area contributed by atoms with E-state index in [0.717, 1.165) is 12.8 Å². The molecule has 0 bridgehead atoms. The van der Waals surface area contributed by atoms with Gasteiger partial charge >= 0.3 is 0 Å². The molecule has 1 heterocycles. The van der Waals surface area contributed by atoms with Gasteiger partial charge < -0.3 is 14.6 Å². The monoisotopic (exact) mass is 258 g/mol. The van der Waals surface area contributed by atoms with Crippen molar-refractivity contribution in [3.05, 3.63) is 0 Å². The minimum absolute atomic E-state index is 0.0393. The van der Waals surface area contributed by atoms with E-state index in [1.165, 1.54) is 0 Å². The highest BCUT2D eigenvalue weighted by molar-refractivity contribution is 5.00. The third-order valence-corrected chi connectivity index (χ3v) is 4.73. The molecule has 0 aromatic carbocycles. The maximum Gasteiger partial charge on any atom is 0.163 e. The van der Waals surface area contributed by atoms with Crippen LogP contribution < -0.4 is 0 Å². The van der Waals surface area contributed by atoms with Gasteiger partial charge in [-0.25, -0.2) is 0 Å². The lowest BCUT2D eigenvalue weighted by molar-refractivity contribution is -0.170. The van der Waals surface area contributed by atoms with Gasteiger partial charge in [-0.2, -0.15) is 0 Å². The molecule has 1 aliphatic heterocycles. The van der Waals surface area contributed by atoms with Crippen molar-refractivity contribution in [3.63, 3.8) is 0 Å². The highest BCUT2D eigenvalue weighted by atomic mass is 16.8. The summed E-state index contributed by atoms with van der Waals surface area (Å²) in [4.78, 5) is 0. The average molecular weight is 258 g/mol. The molecule has 3 nitrogen and oxygen atoms in total. The molecule has 0 spiro atoms. The maximum absolute atomic E-state index is 10.6. The van der Waals surface area contributed by atoms with Crippen molar-refractivity contribution >= 4 is 0 Å². The lowest BCUT2D eigenvalue weighted by atomic mass is 9.73. The predicted molar refractivity (Wildman–Crippen MR) is 73.4 cm³/mol. The highest BCUT2D eigenvalue weighted by Crippen LogP contribution is 2.45. The van der Waals surface area contributed by atoms with Gasteiger partial charge in [0, 0.05) is 0 Å². The SMILES string of the molecule is CCC(C)(O)C1OC(C)(C)OC1C(C)(CC)CC. The Morgan fingerprint density at radius 1 is 0.944 bits per heavy atom. The molecule has 0 aliphatic carbocycles. The number of rotatable bonds is 5. The van der Waals surface area contributed by atoms with Crippen LogP contribution in [0.1, 0.15) is 67.7 Å². The summed E-state index contributed by atoms with van der Waals surface area (Å²) in [5.41, 5.74) is -0.804. The van der Waals surface area contributed by atoms with Crippen LogP contribution in [0.5, 0.6) is 0 Å². The van der Waals surface area contributed by atoms with Gasteiger partial charge in [0.2, 0.25) is 0 Å². The van der Waals surface area contributed by atoms with Crippen LogP contribution in [-0.4, -0.2) is 28.7 Å². The van der Waals surface area contributed by atoms with Gasteiger partial charge in [0.05, 0.1) is 11.7 Å². The standard InChI is InChI=1S/C15H30O3/c1-8-14(6,9-2)11-12(15(7,16)10-3)18-13(4,5)17-11/h11-12,16H,8-10H2,1-7H3. The molecule has 18 heavy (non-hydrogen) atoms. The van der Waals surface area contributed by atoms with E-state index in [2.05, 4.69) is 20.8 Å². The molecule has 1 N–H and O–H groups in total. The van der Waals surface area contributed by atoms with Crippen LogP contribution in [0.2, 0.25) is 0 Å². The molecule has 1 aliphatic rings. The molecule has 3 unspecified atom stereocenters. The van der Waals surface area contributed by atoms with Gasteiger partial charge in [0.1, 0.15) is 6.10 Å². The molecule has 108 valence electrons. The third kappa shape index (κ3) is 2.89. The van der Waals surface area contributed by atoms with Gasteiger partial charge in [-0.15, -0.1) is 0 Å². The molecule has 0 saturated carbocycles. The van der Waals surface area contributed by atoms with Crippen LogP contribution >= 0.6 is 0 Å². The Kier molecular flexibility index (Phi) is 4.52. The first-order valence-electron chi connectivity index (χ1n) is 7.20. The van der Waals surface area contributed by atoms with E-state index in [1.54, 1.807) is 0 Å². The fourth-order valence-electron chi connectivity index (χ4n) is 2.58. The van der Waals surface area contributed by atoms with Crippen LogP contribution in [0.4, 0.5) is 0 Å². The molecular weight excluding hydrogens is 228 g/mol. The second-order valence-corrected chi connectivity index (χ2v) is 6.55. The lowest BCUT2D eigenvalue weighted by Crippen LogP contribution is -2.50. The largest absolute Gasteiger partial charge is 0.387 e. The van der Waals surface area contributed by atoms with Crippen molar-refractivity contribution in [2.45, 2.75) is 91.3 Å². The minimum atomic E-state index is -0.843. The normalized spacial score (nSPS) is 31.3. The van der Waals surface area contributed by atoms with Crippen LogP contribution in [0.25, 0.3) is 0 Å². The highest BCUT2D eigenvalue weighted by Gasteiger charge is 2.54. The molecule has 1 saturated heterocycles. The minimum Gasteiger partial charge on any atom is -0.387 e. The van der Waals surface area contributed by atoms with Gasteiger partial charge in [-0.1, -0.05) is 27.7 Å². The fraction of sp³-hybridized carbons (Fsp3) is 1.00. The summed E-state index contributed by atoms with van der Waals surface area (Å²) < 4.78 is 12.1. The Morgan fingerprint density at radius 2 is 1.39 bits per heavy atom. The van der Waals surface area contributed by atoms with Crippen molar-refractivity contribution in [1.82, 2.24) is 0 Å². The summed E-state index contributed by atoms with van der Waals surface area (Å²) in [6.45, 7) is 14.3. The zero-order valence-electron chi connectivity index (χ0n) is 13.0. The van der Waals surface area contributed by atoms with Crippen molar-refractivity contribution in [1.29, 1.82) is 0 Å². The first-order chi connectivity index (χ1) is 8.12. The number of ether oxygens (including phenoxy) is 2. The Labute approximate surface area is 112 Å². The lowest BCUT2D eigenvalue weighted by Gasteiger charge is -2.40. The van der Waals surface area contributed by atoms with E-state index in [9.17, 15) is 5.11 Å². The summed E-state index contributed by atoms with van der Waals surface area (Å²) >= 11 is 0. The molecule has 0 aromatic rings. The van der Waals surface area contributed by atoms with Gasteiger partial charge in [0.25, 0.3) is 0 Å². The number of hydrogen-bond acceptors (Lipinski definition) is 3. The topological polar surface area (TPSA) is 38.7 Å². The van der Waals surface area contributed by atoms with Crippen molar-refractivity contribution in [2.75, 3.05) is 0 Å². The molecular formula is C15H30O3. The molecule has 3 heteroatoms. The van der Waals surface area contributed by atoms with Crippen LogP contribution in [-0.2, 0) is 9.47 Å². The maximum atomic E-state index is 10.6. The smallest absolute Gasteiger partial charge is 0.163 e. The Bertz CT molecular complexity index is 279. The van der Waals surface area contributed by atoms with E-state index in [4.69, 9.17) is 9.47 Å². The van der Waals surface area contributed by atoms with Gasteiger partial charge in [0.15, 0.2) is 5.79 Å². The van der Waals surface area contributed by atoms with Crippen LogP contribution in [0, 0.1) is 5.41 Å². The summed E-state index contributed by atoms with van der Waals surface area (Å²) in [5.74, 6) is -0.611. The Hall–Kier alpha value is -0.120. The molecule has 0 radical (unpaired) electrons. The average Bonchev–Trinajstić information content (AvgIpc) is 2.65. The summed E-state index contributed by atoms with van der Waals surface area (Å²) in [6.07, 6.45) is 2.38. The zero-order valence-corrected chi connectivity index (χ0v) is 13.0. The van der Waals surface area contributed by atoms with E-state index < -0.39 is 11.4 Å². The molecule has 1 rings (SSSR count). The fourth-order valence-corrected chi connectivity index (χ4v) is 2.58. The molecule has 0 amide bonds. The predicted octanol–water partition coefficient (Wildman–Crippen LogP) is 3.49. The van der Waals surface area contributed by atoms with Crippen molar-refractivity contribution < 1.29 is 14.6 Å². The van der Waals surface area contributed by atoms with Crippen molar-refractivity contribution in [2.24, 2.45) is 5.41 Å². The summed E-state index contributed by atoms with van der Waals surface area (Å²) in [6, 6.07) is 0. The Morgan fingerprint density at radius 3 is 1.78 bits per heavy atom. The van der Waals surface area contributed by atoms with Gasteiger partial charge in [-0.3, -0.25) is 0 Å². The van der Waals surface area contributed by atoms with Gasteiger partial charge in [-0.05, 0) is 45.4 Å². The second-order valence-electron chi connectivity index (χ2n) is 6.55. The van der Waals surface area contributed by atoms with Crippen LogP contribution in [0.3, 0.4) is 0 Å². The summed E-state index contributed by atoms with van der Waals surface area (Å²) in [7, 11) is 0. The Balaban J connectivity index is 3.07.